The number of hydrogen-bond acceptors (Lipinski definition) is 7. The molecular weight excluding hydrogens is 763 g/mol. The van der Waals surface area contributed by atoms with Crippen molar-refractivity contribution in [3.05, 3.63) is 60.8 Å². The Hall–Kier alpha value is -2.97. The van der Waals surface area contributed by atoms with Crippen LogP contribution in [-0.4, -0.2) is 75.5 Å². The lowest BCUT2D eigenvalue weighted by Crippen LogP contribution is -2.55. The van der Waals surface area contributed by atoms with Gasteiger partial charge in [0.25, 0.3) is 0 Å². The van der Waals surface area contributed by atoms with Crippen molar-refractivity contribution in [1.82, 2.24) is 0 Å². The SMILES string of the molecule is CC/C=C/C/C=C/C/C=C/C/C=C/C/C=C/CCCCCCCCCC(=O)OCC(COCCC(C(=O)[O-])[N+](C)(C)C)OC(=O)CCCCCCCCCCCCCCCC. The predicted molar refractivity (Wildman–Crippen MR) is 254 cm³/mol. The summed E-state index contributed by atoms with van der Waals surface area (Å²) in [5.41, 5.74) is 0. The molecule has 0 saturated carbocycles. The Morgan fingerprint density at radius 1 is 0.508 bits per heavy atom. The van der Waals surface area contributed by atoms with Gasteiger partial charge in [0, 0.05) is 19.3 Å². The van der Waals surface area contributed by atoms with Crippen LogP contribution in [0.25, 0.3) is 0 Å². The van der Waals surface area contributed by atoms with Gasteiger partial charge in [0.05, 0.1) is 40.3 Å². The van der Waals surface area contributed by atoms with Crippen LogP contribution in [0.4, 0.5) is 0 Å². The molecule has 0 aliphatic heterocycles. The first kappa shape index (κ1) is 58.0. The quantitative estimate of drug-likeness (QED) is 0.0260. The van der Waals surface area contributed by atoms with Crippen molar-refractivity contribution in [2.45, 2.75) is 219 Å². The van der Waals surface area contributed by atoms with Crippen LogP contribution in [0.3, 0.4) is 0 Å². The lowest BCUT2D eigenvalue weighted by Gasteiger charge is -2.34. The molecule has 0 N–H and O–H groups in total. The first-order valence-electron chi connectivity index (χ1n) is 24.8. The molecule has 0 aromatic carbocycles. The molecule has 0 radical (unpaired) electrons. The number of allylic oxidation sites excluding steroid dienone is 10. The fourth-order valence-corrected chi connectivity index (χ4v) is 7.10. The molecule has 2 unspecified atom stereocenters. The number of nitrogens with zero attached hydrogens (tertiary/aromatic N) is 1. The predicted octanol–water partition coefficient (Wildman–Crippen LogP) is 12.8. The molecule has 352 valence electrons. The van der Waals surface area contributed by atoms with Gasteiger partial charge < -0.3 is 28.6 Å². The normalized spacial score (nSPS) is 13.4. The lowest BCUT2D eigenvalue weighted by molar-refractivity contribution is -0.889. The van der Waals surface area contributed by atoms with E-state index in [1.807, 2.05) is 0 Å². The molecule has 8 nitrogen and oxygen atoms in total. The number of quaternary nitrogens is 1. The molecule has 0 spiro atoms. The number of hydrogen-bond donors (Lipinski definition) is 0. The van der Waals surface area contributed by atoms with Gasteiger partial charge in [-0.25, -0.2) is 0 Å². The average molecular weight is 856 g/mol. The zero-order valence-corrected chi connectivity index (χ0v) is 40.1. The summed E-state index contributed by atoms with van der Waals surface area (Å²) in [4.78, 5) is 37.0. The van der Waals surface area contributed by atoms with Gasteiger partial charge in [0.1, 0.15) is 12.6 Å². The number of carboxylic acids is 1. The smallest absolute Gasteiger partial charge is 0.306 e. The Balaban J connectivity index is 4.26. The van der Waals surface area contributed by atoms with E-state index in [9.17, 15) is 19.5 Å². The third-order valence-electron chi connectivity index (χ3n) is 10.9. The zero-order chi connectivity index (χ0) is 44.9. The fourth-order valence-electron chi connectivity index (χ4n) is 7.10. The number of unbranched alkanes of at least 4 members (excludes halogenated alkanes) is 20. The van der Waals surface area contributed by atoms with E-state index in [2.05, 4.69) is 74.6 Å². The Bertz CT molecular complexity index is 1180. The summed E-state index contributed by atoms with van der Waals surface area (Å²) in [6.07, 6.45) is 53.8. The summed E-state index contributed by atoms with van der Waals surface area (Å²) in [6, 6.07) is -0.728. The van der Waals surface area contributed by atoms with E-state index in [-0.39, 0.29) is 42.7 Å². The third kappa shape index (κ3) is 42.1. The van der Waals surface area contributed by atoms with E-state index in [0.717, 1.165) is 77.0 Å². The van der Waals surface area contributed by atoms with Crippen LogP contribution in [0.15, 0.2) is 60.8 Å². The second-order valence-electron chi connectivity index (χ2n) is 17.7. The summed E-state index contributed by atoms with van der Waals surface area (Å²) in [7, 11) is 5.41. The Morgan fingerprint density at radius 2 is 0.918 bits per heavy atom. The van der Waals surface area contributed by atoms with Crippen LogP contribution in [-0.2, 0) is 28.6 Å². The summed E-state index contributed by atoms with van der Waals surface area (Å²) in [5.74, 6) is -1.74. The molecule has 0 aliphatic rings. The van der Waals surface area contributed by atoms with Crippen LogP contribution in [0.1, 0.15) is 206 Å². The minimum absolute atomic E-state index is 0.0375. The molecule has 0 aromatic heterocycles. The molecule has 0 bridgehead atoms. The molecule has 61 heavy (non-hydrogen) atoms. The number of carbonyl (C=O) groups excluding carboxylic acids is 3. The van der Waals surface area contributed by atoms with Gasteiger partial charge in [-0.2, -0.15) is 0 Å². The summed E-state index contributed by atoms with van der Waals surface area (Å²) >= 11 is 0. The fraction of sp³-hybridized carbons (Fsp3) is 0.755. The zero-order valence-electron chi connectivity index (χ0n) is 40.1. The number of ether oxygens (including phenoxy) is 3. The van der Waals surface area contributed by atoms with E-state index >= 15 is 0 Å². The molecule has 0 heterocycles. The van der Waals surface area contributed by atoms with Gasteiger partial charge in [0.15, 0.2) is 6.10 Å². The number of carboxylic acid groups (broad SMARTS) is 1. The highest BCUT2D eigenvalue weighted by Gasteiger charge is 2.25. The second-order valence-corrected chi connectivity index (χ2v) is 17.7. The van der Waals surface area contributed by atoms with E-state index in [1.54, 1.807) is 21.1 Å². The standard InChI is InChI=1S/C53H93NO7/c1-6-8-10-12-14-16-18-20-22-23-24-25-26-27-28-29-30-32-33-35-37-39-41-43-51(55)60-48-49(47-59-46-45-50(53(57)58)54(3,4)5)61-52(56)44-42-40-38-36-34-31-21-19-17-15-13-11-9-7-2/h8,10,14,16,20,22,24-25,27-28,49-50H,6-7,9,11-13,15,17-19,21,23,26,29-48H2,1-5H3/b10-8+,16-14+,22-20+,25-24+,28-27+. The van der Waals surface area contributed by atoms with Crippen molar-refractivity contribution in [1.29, 1.82) is 0 Å². The maximum Gasteiger partial charge on any atom is 0.306 e. The molecular formula is C53H93NO7. The van der Waals surface area contributed by atoms with Crippen LogP contribution < -0.4 is 5.11 Å². The Kier molecular flexibility index (Phi) is 41.5. The number of carbonyl (C=O) groups is 3. The first-order valence-corrected chi connectivity index (χ1v) is 24.8. The second kappa shape index (κ2) is 43.7. The van der Waals surface area contributed by atoms with Crippen molar-refractivity contribution in [3.63, 3.8) is 0 Å². The summed E-state index contributed by atoms with van der Waals surface area (Å²) in [6.45, 7) is 4.55. The van der Waals surface area contributed by atoms with Gasteiger partial charge in [-0.3, -0.25) is 9.59 Å². The lowest BCUT2D eigenvalue weighted by atomic mass is 10.0. The van der Waals surface area contributed by atoms with Crippen molar-refractivity contribution >= 4 is 17.9 Å². The summed E-state index contributed by atoms with van der Waals surface area (Å²) in [5, 5.41) is 11.6. The molecule has 0 saturated heterocycles. The highest BCUT2D eigenvalue weighted by atomic mass is 16.6. The van der Waals surface area contributed by atoms with Crippen LogP contribution >= 0.6 is 0 Å². The minimum atomic E-state index is -1.13. The van der Waals surface area contributed by atoms with Crippen LogP contribution in [0.5, 0.6) is 0 Å². The van der Waals surface area contributed by atoms with Crippen LogP contribution in [0.2, 0.25) is 0 Å². The molecule has 0 aromatic rings. The van der Waals surface area contributed by atoms with Crippen LogP contribution in [0, 0.1) is 0 Å². The van der Waals surface area contributed by atoms with Gasteiger partial charge in [0.2, 0.25) is 0 Å². The van der Waals surface area contributed by atoms with Crippen molar-refractivity contribution in [3.8, 4) is 0 Å². The van der Waals surface area contributed by atoms with E-state index in [0.29, 0.717) is 12.8 Å². The Labute approximate surface area is 375 Å². The maximum absolute atomic E-state index is 12.7. The topological polar surface area (TPSA) is 102 Å². The molecule has 0 fully saturated rings. The average Bonchev–Trinajstić information content (AvgIpc) is 3.22. The van der Waals surface area contributed by atoms with Crippen molar-refractivity contribution in [2.75, 3.05) is 41.0 Å². The largest absolute Gasteiger partial charge is 0.544 e. The molecule has 0 amide bonds. The van der Waals surface area contributed by atoms with Gasteiger partial charge in [-0.1, -0.05) is 190 Å². The van der Waals surface area contributed by atoms with Gasteiger partial charge in [-0.05, 0) is 57.8 Å². The third-order valence-corrected chi connectivity index (χ3v) is 10.9. The first-order chi connectivity index (χ1) is 29.6. The molecule has 8 heteroatoms. The number of likely N-dealkylation sites (N-methyl/N-ethyl adjacent to an activating group) is 1. The molecule has 0 aliphatic carbocycles. The number of rotatable bonds is 44. The van der Waals surface area contributed by atoms with Gasteiger partial charge >= 0.3 is 11.9 Å². The Morgan fingerprint density at radius 3 is 1.36 bits per heavy atom. The number of aliphatic carboxylic acids is 1. The molecule has 0 rings (SSSR count). The van der Waals surface area contributed by atoms with Gasteiger partial charge in [-0.15, -0.1) is 0 Å². The monoisotopic (exact) mass is 856 g/mol. The van der Waals surface area contributed by atoms with Crippen molar-refractivity contribution in [2.24, 2.45) is 0 Å². The summed E-state index contributed by atoms with van der Waals surface area (Å²) < 4.78 is 17.2. The van der Waals surface area contributed by atoms with E-state index in [1.165, 1.54) is 96.3 Å². The highest BCUT2D eigenvalue weighted by molar-refractivity contribution is 5.70. The number of esters is 2. The van der Waals surface area contributed by atoms with E-state index < -0.39 is 18.1 Å². The minimum Gasteiger partial charge on any atom is -0.544 e. The highest BCUT2D eigenvalue weighted by Crippen LogP contribution is 2.15. The van der Waals surface area contributed by atoms with E-state index in [4.69, 9.17) is 14.2 Å². The van der Waals surface area contributed by atoms with Crippen molar-refractivity contribution < 1.29 is 38.2 Å². The molecule has 2 atom stereocenters. The maximum atomic E-state index is 12.7.